The van der Waals surface area contributed by atoms with Gasteiger partial charge in [-0.15, -0.1) is 12.4 Å². The van der Waals surface area contributed by atoms with Crippen LogP contribution in [0.2, 0.25) is 0 Å². The third kappa shape index (κ3) is 4.69. The van der Waals surface area contributed by atoms with Gasteiger partial charge in [0.05, 0.1) is 12.6 Å². The maximum Gasteiger partial charge on any atom is 0.242 e. The number of fused-ring (bicyclic) bond motifs is 1. The Kier molecular flexibility index (Phi) is 7.03. The summed E-state index contributed by atoms with van der Waals surface area (Å²) in [5, 5.41) is 2.65. The molecular weight excluding hydrogens is 314 g/mol. The van der Waals surface area contributed by atoms with Gasteiger partial charge in [-0.05, 0) is 30.4 Å². The van der Waals surface area contributed by atoms with E-state index in [9.17, 15) is 9.59 Å². The number of benzene rings is 1. The van der Waals surface area contributed by atoms with E-state index >= 15 is 0 Å². The number of nitrogens with two attached hydrogens (primary N) is 1. The van der Waals surface area contributed by atoms with E-state index < -0.39 is 6.04 Å². The van der Waals surface area contributed by atoms with Crippen LogP contribution in [0.1, 0.15) is 31.9 Å². The van der Waals surface area contributed by atoms with Gasteiger partial charge in [-0.25, -0.2) is 0 Å². The first kappa shape index (κ1) is 19.5. The fourth-order valence-electron chi connectivity index (χ4n) is 2.70. The molecule has 0 fully saturated rings. The van der Waals surface area contributed by atoms with Crippen molar-refractivity contribution >= 4 is 24.2 Å². The summed E-state index contributed by atoms with van der Waals surface area (Å²) in [4.78, 5) is 26.1. The molecule has 6 heteroatoms. The van der Waals surface area contributed by atoms with Crippen LogP contribution in [0, 0.1) is 5.92 Å². The molecule has 2 rings (SSSR count). The number of rotatable bonds is 4. The van der Waals surface area contributed by atoms with Crippen LogP contribution in [-0.2, 0) is 22.6 Å². The van der Waals surface area contributed by atoms with Crippen LogP contribution in [0.4, 0.5) is 0 Å². The fraction of sp³-hybridized carbons (Fsp3) is 0.529. The van der Waals surface area contributed by atoms with Crippen molar-refractivity contribution in [1.29, 1.82) is 0 Å². The summed E-state index contributed by atoms with van der Waals surface area (Å²) in [6.45, 7) is 6.41. The fourth-order valence-corrected chi connectivity index (χ4v) is 2.70. The van der Waals surface area contributed by atoms with Gasteiger partial charge in [0.2, 0.25) is 11.8 Å². The Labute approximate surface area is 144 Å². The standard InChI is InChI=1S/C17H25N3O2.ClH/c1-11(2)16(18)17(22)19-9-15(21)20-10-14-7-5-4-6-13(14)8-12(20)3;/h4-7,11-12,16H,8-10,18H2,1-3H3,(H,19,22);1H/t12?,16-;/m0./s1. The highest BCUT2D eigenvalue weighted by molar-refractivity contribution is 5.87. The van der Waals surface area contributed by atoms with E-state index in [0.29, 0.717) is 6.54 Å². The molecule has 3 N–H and O–H groups in total. The Morgan fingerprint density at radius 3 is 2.52 bits per heavy atom. The summed E-state index contributed by atoms with van der Waals surface area (Å²) in [6, 6.07) is 7.73. The minimum atomic E-state index is -0.577. The zero-order chi connectivity index (χ0) is 16.3. The lowest BCUT2D eigenvalue weighted by Crippen LogP contribution is -2.50. The SMILES string of the molecule is CC(C)[C@H](N)C(=O)NCC(=O)N1Cc2ccccc2CC1C.Cl. The topological polar surface area (TPSA) is 75.4 Å². The van der Waals surface area contributed by atoms with Crippen molar-refractivity contribution in [3.8, 4) is 0 Å². The van der Waals surface area contributed by atoms with Gasteiger partial charge in [0.1, 0.15) is 0 Å². The molecule has 1 aliphatic rings. The zero-order valence-electron chi connectivity index (χ0n) is 13.9. The average molecular weight is 340 g/mol. The number of carbonyl (C=O) groups is 2. The third-order valence-corrected chi connectivity index (χ3v) is 4.26. The smallest absolute Gasteiger partial charge is 0.242 e. The first-order chi connectivity index (χ1) is 10.4. The highest BCUT2D eigenvalue weighted by Gasteiger charge is 2.27. The van der Waals surface area contributed by atoms with E-state index in [1.165, 1.54) is 11.1 Å². The van der Waals surface area contributed by atoms with Crippen LogP contribution in [0.15, 0.2) is 24.3 Å². The quantitative estimate of drug-likeness (QED) is 0.872. The van der Waals surface area contributed by atoms with Crippen LogP contribution < -0.4 is 11.1 Å². The molecule has 0 spiro atoms. The highest BCUT2D eigenvalue weighted by Crippen LogP contribution is 2.22. The van der Waals surface area contributed by atoms with Gasteiger partial charge in [0, 0.05) is 12.6 Å². The molecule has 1 aromatic rings. The monoisotopic (exact) mass is 339 g/mol. The van der Waals surface area contributed by atoms with E-state index in [1.807, 2.05) is 37.8 Å². The summed E-state index contributed by atoms with van der Waals surface area (Å²) in [5.41, 5.74) is 8.25. The normalized spacial score (nSPS) is 18.0. The summed E-state index contributed by atoms with van der Waals surface area (Å²) >= 11 is 0. The predicted molar refractivity (Wildman–Crippen MR) is 93.2 cm³/mol. The maximum absolute atomic E-state index is 12.4. The molecule has 2 atom stereocenters. The van der Waals surface area contributed by atoms with Crippen molar-refractivity contribution in [2.24, 2.45) is 11.7 Å². The van der Waals surface area contributed by atoms with E-state index in [1.54, 1.807) is 0 Å². The Morgan fingerprint density at radius 1 is 1.30 bits per heavy atom. The Morgan fingerprint density at radius 2 is 1.91 bits per heavy atom. The minimum Gasteiger partial charge on any atom is -0.346 e. The van der Waals surface area contributed by atoms with E-state index in [0.717, 1.165) is 6.42 Å². The first-order valence-corrected chi connectivity index (χ1v) is 7.79. The Balaban J connectivity index is 0.00000264. The summed E-state index contributed by atoms with van der Waals surface area (Å²) < 4.78 is 0. The lowest BCUT2D eigenvalue weighted by atomic mass is 9.95. The molecule has 1 heterocycles. The molecule has 0 saturated carbocycles. The van der Waals surface area contributed by atoms with Gasteiger partial charge < -0.3 is 16.0 Å². The molecular formula is C17H26ClN3O2. The van der Waals surface area contributed by atoms with Gasteiger partial charge in [0.15, 0.2) is 0 Å². The van der Waals surface area contributed by atoms with Crippen molar-refractivity contribution in [3.05, 3.63) is 35.4 Å². The van der Waals surface area contributed by atoms with Crippen molar-refractivity contribution in [2.75, 3.05) is 6.54 Å². The summed E-state index contributed by atoms with van der Waals surface area (Å²) in [5.74, 6) is -0.282. The van der Waals surface area contributed by atoms with Crippen LogP contribution in [-0.4, -0.2) is 35.3 Å². The molecule has 0 saturated heterocycles. The number of amides is 2. The van der Waals surface area contributed by atoms with E-state index in [-0.39, 0.29) is 42.7 Å². The Hall–Kier alpha value is -1.59. The molecule has 0 radical (unpaired) electrons. The third-order valence-electron chi connectivity index (χ3n) is 4.26. The molecule has 5 nitrogen and oxygen atoms in total. The van der Waals surface area contributed by atoms with Crippen molar-refractivity contribution < 1.29 is 9.59 Å². The molecule has 0 aliphatic carbocycles. The molecule has 1 aromatic carbocycles. The molecule has 2 amide bonds. The van der Waals surface area contributed by atoms with Gasteiger partial charge in [-0.1, -0.05) is 38.1 Å². The molecule has 0 aromatic heterocycles. The molecule has 0 bridgehead atoms. The summed E-state index contributed by atoms with van der Waals surface area (Å²) in [6.07, 6.45) is 0.849. The number of hydrogen-bond donors (Lipinski definition) is 2. The van der Waals surface area contributed by atoms with Crippen molar-refractivity contribution in [2.45, 2.75) is 45.8 Å². The predicted octanol–water partition coefficient (Wildman–Crippen LogP) is 1.48. The molecule has 128 valence electrons. The number of halogens is 1. The second kappa shape index (κ2) is 8.31. The number of nitrogens with one attached hydrogen (secondary N) is 1. The average Bonchev–Trinajstić information content (AvgIpc) is 2.50. The van der Waals surface area contributed by atoms with Gasteiger partial charge >= 0.3 is 0 Å². The molecule has 23 heavy (non-hydrogen) atoms. The van der Waals surface area contributed by atoms with Crippen molar-refractivity contribution in [1.82, 2.24) is 10.2 Å². The summed E-state index contributed by atoms with van der Waals surface area (Å²) in [7, 11) is 0. The number of nitrogens with zero attached hydrogens (tertiary/aromatic N) is 1. The van der Waals surface area contributed by atoms with Crippen LogP contribution >= 0.6 is 12.4 Å². The highest BCUT2D eigenvalue weighted by atomic mass is 35.5. The minimum absolute atomic E-state index is 0. The van der Waals surface area contributed by atoms with Gasteiger partial charge in [-0.3, -0.25) is 9.59 Å². The van der Waals surface area contributed by atoms with Crippen LogP contribution in [0.25, 0.3) is 0 Å². The van der Waals surface area contributed by atoms with E-state index in [4.69, 9.17) is 5.73 Å². The lowest BCUT2D eigenvalue weighted by Gasteiger charge is -2.35. The maximum atomic E-state index is 12.4. The van der Waals surface area contributed by atoms with Crippen LogP contribution in [0.3, 0.4) is 0 Å². The van der Waals surface area contributed by atoms with Gasteiger partial charge in [0.25, 0.3) is 0 Å². The Bertz CT molecular complexity index is 563. The molecule has 1 unspecified atom stereocenters. The number of hydrogen-bond acceptors (Lipinski definition) is 3. The first-order valence-electron chi connectivity index (χ1n) is 7.79. The van der Waals surface area contributed by atoms with Gasteiger partial charge in [-0.2, -0.15) is 0 Å². The number of carbonyl (C=O) groups excluding carboxylic acids is 2. The van der Waals surface area contributed by atoms with E-state index in [2.05, 4.69) is 17.4 Å². The second-order valence-corrected chi connectivity index (χ2v) is 6.33. The second-order valence-electron chi connectivity index (χ2n) is 6.33. The van der Waals surface area contributed by atoms with Crippen molar-refractivity contribution in [3.63, 3.8) is 0 Å². The lowest BCUT2D eigenvalue weighted by molar-refractivity contribution is -0.135. The van der Waals surface area contributed by atoms with Crippen LogP contribution in [0.5, 0.6) is 0 Å². The zero-order valence-corrected chi connectivity index (χ0v) is 14.7. The largest absolute Gasteiger partial charge is 0.346 e. The molecule has 1 aliphatic heterocycles.